The molecule has 20 heavy (non-hydrogen) atoms. The van der Waals surface area contributed by atoms with Gasteiger partial charge in [0.25, 0.3) is 11.5 Å². The molecule has 2 rings (SSSR count). The van der Waals surface area contributed by atoms with Crippen molar-refractivity contribution >= 4 is 11.8 Å². The van der Waals surface area contributed by atoms with Crippen LogP contribution in [-0.4, -0.2) is 16.8 Å². The van der Waals surface area contributed by atoms with Crippen LogP contribution < -0.4 is 16.6 Å². The standard InChI is InChI=1S/C14H13N3O3/c15-12(18)10-4-1-3-9(7-10)8-17-14(20)11-5-2-6-16-13(11)19/h1-7H,8H2,(H2,15,18)(H,16,19)(H,17,20). The van der Waals surface area contributed by atoms with Crippen LogP contribution in [0.1, 0.15) is 26.3 Å². The highest BCUT2D eigenvalue weighted by molar-refractivity contribution is 5.94. The van der Waals surface area contributed by atoms with Crippen LogP contribution in [0, 0.1) is 0 Å². The van der Waals surface area contributed by atoms with Crippen LogP contribution in [0.25, 0.3) is 0 Å². The lowest BCUT2D eigenvalue weighted by atomic mass is 10.1. The van der Waals surface area contributed by atoms with Gasteiger partial charge in [0.05, 0.1) is 0 Å². The molecule has 0 aliphatic carbocycles. The average molecular weight is 271 g/mol. The summed E-state index contributed by atoms with van der Waals surface area (Å²) in [5, 5.41) is 2.61. The predicted octanol–water partition coefficient (Wildman–Crippen LogP) is 0.404. The monoisotopic (exact) mass is 271 g/mol. The normalized spacial score (nSPS) is 10.0. The van der Waals surface area contributed by atoms with Crippen LogP contribution in [0.15, 0.2) is 47.4 Å². The van der Waals surface area contributed by atoms with E-state index in [0.29, 0.717) is 5.56 Å². The lowest BCUT2D eigenvalue weighted by Gasteiger charge is -2.05. The second-order valence-corrected chi connectivity index (χ2v) is 4.16. The van der Waals surface area contributed by atoms with E-state index in [9.17, 15) is 14.4 Å². The lowest BCUT2D eigenvalue weighted by Crippen LogP contribution is -2.29. The zero-order valence-electron chi connectivity index (χ0n) is 10.6. The lowest BCUT2D eigenvalue weighted by molar-refractivity contribution is 0.0948. The van der Waals surface area contributed by atoms with E-state index in [1.807, 2.05) is 0 Å². The van der Waals surface area contributed by atoms with Gasteiger partial charge in [-0.15, -0.1) is 0 Å². The molecule has 0 unspecified atom stereocenters. The van der Waals surface area contributed by atoms with E-state index in [2.05, 4.69) is 10.3 Å². The van der Waals surface area contributed by atoms with Gasteiger partial charge in [-0.1, -0.05) is 12.1 Å². The second-order valence-electron chi connectivity index (χ2n) is 4.16. The Balaban J connectivity index is 2.08. The minimum atomic E-state index is -0.530. The molecular weight excluding hydrogens is 258 g/mol. The van der Waals surface area contributed by atoms with Gasteiger partial charge < -0.3 is 16.0 Å². The fraction of sp³-hybridized carbons (Fsp3) is 0.0714. The maximum absolute atomic E-state index is 11.8. The number of carbonyl (C=O) groups is 2. The number of amides is 2. The summed E-state index contributed by atoms with van der Waals surface area (Å²) in [5.41, 5.74) is 5.86. The van der Waals surface area contributed by atoms with Gasteiger partial charge in [-0.2, -0.15) is 0 Å². The summed E-state index contributed by atoms with van der Waals surface area (Å²) >= 11 is 0. The molecule has 0 aliphatic heterocycles. The van der Waals surface area contributed by atoms with E-state index in [1.165, 1.54) is 12.3 Å². The van der Waals surface area contributed by atoms with Gasteiger partial charge in [0.1, 0.15) is 5.56 Å². The van der Waals surface area contributed by atoms with Crippen molar-refractivity contribution in [1.29, 1.82) is 0 Å². The van der Waals surface area contributed by atoms with E-state index in [1.54, 1.807) is 30.3 Å². The molecule has 0 saturated heterocycles. The Hall–Kier alpha value is -2.89. The van der Waals surface area contributed by atoms with Gasteiger partial charge in [-0.3, -0.25) is 14.4 Å². The molecule has 1 aromatic carbocycles. The number of rotatable bonds is 4. The van der Waals surface area contributed by atoms with Crippen molar-refractivity contribution in [3.63, 3.8) is 0 Å². The highest BCUT2D eigenvalue weighted by Gasteiger charge is 2.09. The zero-order chi connectivity index (χ0) is 14.5. The minimum absolute atomic E-state index is 0.0403. The summed E-state index contributed by atoms with van der Waals surface area (Å²) < 4.78 is 0. The Morgan fingerprint density at radius 3 is 2.70 bits per heavy atom. The number of nitrogens with two attached hydrogens (primary N) is 1. The summed E-state index contributed by atoms with van der Waals surface area (Å²) in [5.74, 6) is -1.01. The molecule has 0 aliphatic rings. The summed E-state index contributed by atoms with van der Waals surface area (Å²) in [6.45, 7) is 0.203. The topological polar surface area (TPSA) is 105 Å². The van der Waals surface area contributed by atoms with E-state index in [-0.39, 0.29) is 12.1 Å². The van der Waals surface area contributed by atoms with E-state index in [0.717, 1.165) is 5.56 Å². The first-order valence-corrected chi connectivity index (χ1v) is 5.92. The van der Waals surface area contributed by atoms with Gasteiger partial charge in [-0.25, -0.2) is 0 Å². The van der Waals surface area contributed by atoms with Crippen LogP contribution in [0.4, 0.5) is 0 Å². The molecule has 0 spiro atoms. The van der Waals surface area contributed by atoms with Gasteiger partial charge in [0, 0.05) is 18.3 Å². The van der Waals surface area contributed by atoms with Gasteiger partial charge in [0.15, 0.2) is 0 Å². The molecule has 1 heterocycles. The van der Waals surface area contributed by atoms with Crippen molar-refractivity contribution in [2.24, 2.45) is 5.73 Å². The smallest absolute Gasteiger partial charge is 0.260 e. The van der Waals surface area contributed by atoms with Crippen LogP contribution in [0.5, 0.6) is 0 Å². The molecule has 0 radical (unpaired) electrons. The highest BCUT2D eigenvalue weighted by atomic mass is 16.2. The van der Waals surface area contributed by atoms with Crippen molar-refractivity contribution in [2.75, 3.05) is 0 Å². The number of primary amides is 1. The molecule has 0 atom stereocenters. The van der Waals surface area contributed by atoms with Crippen molar-refractivity contribution in [3.8, 4) is 0 Å². The van der Waals surface area contributed by atoms with Gasteiger partial charge >= 0.3 is 0 Å². The first-order chi connectivity index (χ1) is 9.58. The third-order valence-electron chi connectivity index (χ3n) is 2.73. The number of hydrogen-bond acceptors (Lipinski definition) is 3. The maximum Gasteiger partial charge on any atom is 0.260 e. The summed E-state index contributed by atoms with van der Waals surface area (Å²) in [7, 11) is 0. The van der Waals surface area contributed by atoms with Crippen molar-refractivity contribution < 1.29 is 9.59 Å². The Morgan fingerprint density at radius 1 is 1.20 bits per heavy atom. The molecule has 0 fully saturated rings. The molecule has 4 N–H and O–H groups in total. The molecule has 2 aromatic rings. The summed E-state index contributed by atoms with van der Waals surface area (Å²) in [6, 6.07) is 9.63. The highest BCUT2D eigenvalue weighted by Crippen LogP contribution is 2.04. The van der Waals surface area contributed by atoms with Gasteiger partial charge in [-0.05, 0) is 29.8 Å². The quantitative estimate of drug-likeness (QED) is 0.749. The average Bonchev–Trinajstić information content (AvgIpc) is 2.45. The van der Waals surface area contributed by atoms with Crippen LogP contribution in [0.2, 0.25) is 0 Å². The fourth-order valence-electron chi connectivity index (χ4n) is 1.71. The molecule has 0 saturated carbocycles. The first-order valence-electron chi connectivity index (χ1n) is 5.92. The van der Waals surface area contributed by atoms with Crippen LogP contribution >= 0.6 is 0 Å². The third-order valence-corrected chi connectivity index (χ3v) is 2.73. The molecular formula is C14H13N3O3. The molecule has 6 nitrogen and oxygen atoms in total. The Kier molecular flexibility index (Phi) is 3.95. The predicted molar refractivity (Wildman–Crippen MR) is 73.2 cm³/mol. The van der Waals surface area contributed by atoms with E-state index in [4.69, 9.17) is 5.73 Å². The Bertz CT molecular complexity index is 707. The first kappa shape index (κ1) is 13.5. The Labute approximate surface area is 114 Å². The summed E-state index contributed by atoms with van der Waals surface area (Å²) in [6.07, 6.45) is 1.45. The number of aromatic nitrogens is 1. The molecule has 2 amide bonds. The number of aromatic amines is 1. The molecule has 1 aromatic heterocycles. The minimum Gasteiger partial charge on any atom is -0.366 e. The second kappa shape index (κ2) is 5.83. The molecule has 102 valence electrons. The van der Waals surface area contributed by atoms with Crippen molar-refractivity contribution in [3.05, 3.63) is 69.6 Å². The molecule has 0 bridgehead atoms. The Morgan fingerprint density at radius 2 is 2.00 bits per heavy atom. The van der Waals surface area contributed by atoms with Crippen molar-refractivity contribution in [2.45, 2.75) is 6.54 Å². The number of H-pyrrole nitrogens is 1. The number of pyridine rings is 1. The SMILES string of the molecule is NC(=O)c1cccc(CNC(=O)c2ccc[nH]c2=O)c1. The number of benzene rings is 1. The van der Waals surface area contributed by atoms with E-state index < -0.39 is 17.4 Å². The zero-order valence-corrected chi connectivity index (χ0v) is 10.6. The van der Waals surface area contributed by atoms with E-state index >= 15 is 0 Å². The van der Waals surface area contributed by atoms with Crippen molar-refractivity contribution in [1.82, 2.24) is 10.3 Å². The number of hydrogen-bond donors (Lipinski definition) is 3. The summed E-state index contributed by atoms with van der Waals surface area (Å²) in [4.78, 5) is 36.7. The van der Waals surface area contributed by atoms with Gasteiger partial charge in [0.2, 0.25) is 5.91 Å². The number of nitrogens with one attached hydrogen (secondary N) is 2. The maximum atomic E-state index is 11.8. The third kappa shape index (κ3) is 3.11. The van der Waals surface area contributed by atoms with Crippen LogP contribution in [-0.2, 0) is 6.54 Å². The molecule has 6 heteroatoms. The number of carbonyl (C=O) groups excluding carboxylic acids is 2. The van der Waals surface area contributed by atoms with Crippen LogP contribution in [0.3, 0.4) is 0 Å². The fourth-order valence-corrected chi connectivity index (χ4v) is 1.71. The largest absolute Gasteiger partial charge is 0.366 e.